The van der Waals surface area contributed by atoms with E-state index in [2.05, 4.69) is 10.3 Å². The fourth-order valence-corrected chi connectivity index (χ4v) is 3.10. The molecule has 0 fully saturated rings. The van der Waals surface area contributed by atoms with Crippen LogP contribution in [0.15, 0.2) is 17.5 Å². The third kappa shape index (κ3) is 3.31. The molecule has 5 nitrogen and oxygen atoms in total. The number of thiazole rings is 1. The van der Waals surface area contributed by atoms with Crippen LogP contribution >= 0.6 is 34.3 Å². The van der Waals surface area contributed by atoms with Gasteiger partial charge in [0.1, 0.15) is 5.01 Å². The van der Waals surface area contributed by atoms with E-state index < -0.39 is 5.97 Å². The van der Waals surface area contributed by atoms with Crippen LogP contribution in [-0.2, 0) is 0 Å². The first-order valence-electron chi connectivity index (χ1n) is 5.22. The van der Waals surface area contributed by atoms with E-state index in [1.165, 1.54) is 28.1 Å². The Labute approximate surface area is 121 Å². The highest BCUT2D eigenvalue weighted by molar-refractivity contribution is 7.18. The summed E-state index contributed by atoms with van der Waals surface area (Å²) in [6, 6.07) is 2.93. The number of carbonyl (C=O) groups excluding carboxylic acids is 1. The second-order valence-electron chi connectivity index (χ2n) is 3.68. The van der Waals surface area contributed by atoms with Crippen LogP contribution in [0.25, 0.3) is 0 Å². The average Bonchev–Trinajstić information content (AvgIpc) is 2.96. The maximum Gasteiger partial charge on any atom is 0.355 e. The molecule has 0 aliphatic carbocycles. The minimum absolute atomic E-state index is 0.0136. The molecule has 0 radical (unpaired) electrons. The van der Waals surface area contributed by atoms with Gasteiger partial charge in [0.15, 0.2) is 5.69 Å². The smallest absolute Gasteiger partial charge is 0.355 e. The van der Waals surface area contributed by atoms with E-state index in [0.29, 0.717) is 14.2 Å². The molecule has 0 bridgehead atoms. The Morgan fingerprint density at radius 1 is 1.47 bits per heavy atom. The Kier molecular flexibility index (Phi) is 4.18. The normalized spacial score (nSPS) is 12.1. The lowest BCUT2D eigenvalue weighted by atomic mass is 10.3. The van der Waals surface area contributed by atoms with E-state index >= 15 is 0 Å². The van der Waals surface area contributed by atoms with Gasteiger partial charge in [0.25, 0.3) is 5.91 Å². The van der Waals surface area contributed by atoms with Crippen molar-refractivity contribution >= 4 is 46.2 Å². The number of nitrogens with zero attached hydrogens (tertiary/aromatic N) is 1. The van der Waals surface area contributed by atoms with Crippen LogP contribution in [0.4, 0.5) is 0 Å². The highest BCUT2D eigenvalue weighted by Crippen LogP contribution is 2.23. The number of rotatable bonds is 4. The number of carbonyl (C=O) groups is 2. The topological polar surface area (TPSA) is 79.3 Å². The van der Waals surface area contributed by atoms with Gasteiger partial charge in [-0.2, -0.15) is 0 Å². The quantitative estimate of drug-likeness (QED) is 0.908. The van der Waals surface area contributed by atoms with Crippen molar-refractivity contribution in [3.63, 3.8) is 0 Å². The molecule has 19 heavy (non-hydrogen) atoms. The number of carboxylic acid groups (broad SMARTS) is 1. The molecule has 1 unspecified atom stereocenters. The summed E-state index contributed by atoms with van der Waals surface area (Å²) in [5.41, 5.74) is -0.0136. The second-order valence-corrected chi connectivity index (χ2v) is 6.28. The van der Waals surface area contributed by atoms with Crippen molar-refractivity contribution in [1.29, 1.82) is 0 Å². The Morgan fingerprint density at radius 3 is 2.74 bits per heavy atom. The summed E-state index contributed by atoms with van der Waals surface area (Å²) in [6.45, 7) is 1.75. The molecule has 2 aromatic heterocycles. The zero-order valence-corrected chi connectivity index (χ0v) is 12.1. The highest BCUT2D eigenvalue weighted by Gasteiger charge is 2.17. The molecule has 2 heterocycles. The first-order valence-corrected chi connectivity index (χ1v) is 7.29. The molecule has 0 aliphatic heterocycles. The molecule has 8 heteroatoms. The predicted molar refractivity (Wildman–Crippen MR) is 74.3 cm³/mol. The van der Waals surface area contributed by atoms with Crippen LogP contribution in [0.2, 0.25) is 4.34 Å². The lowest BCUT2D eigenvalue weighted by Gasteiger charge is -2.09. The molecule has 2 N–H and O–H groups in total. The van der Waals surface area contributed by atoms with E-state index in [-0.39, 0.29) is 17.6 Å². The Morgan fingerprint density at radius 2 is 2.21 bits per heavy atom. The zero-order valence-electron chi connectivity index (χ0n) is 9.71. The van der Waals surface area contributed by atoms with E-state index in [9.17, 15) is 9.59 Å². The minimum Gasteiger partial charge on any atom is -0.476 e. The molecule has 2 aromatic rings. The van der Waals surface area contributed by atoms with E-state index in [1.54, 1.807) is 19.1 Å². The molecule has 0 aromatic carbocycles. The van der Waals surface area contributed by atoms with Gasteiger partial charge in [-0.15, -0.1) is 22.7 Å². The highest BCUT2D eigenvalue weighted by atomic mass is 35.5. The molecular formula is C11H9ClN2O3S2. The summed E-state index contributed by atoms with van der Waals surface area (Å²) in [5, 5.41) is 13.5. The summed E-state index contributed by atoms with van der Waals surface area (Å²) in [4.78, 5) is 27.1. The van der Waals surface area contributed by atoms with Crippen LogP contribution in [0.3, 0.4) is 0 Å². The number of carboxylic acids is 1. The Bertz CT molecular complexity index is 623. The minimum atomic E-state index is -1.08. The van der Waals surface area contributed by atoms with Gasteiger partial charge in [0, 0.05) is 5.38 Å². The molecule has 1 amide bonds. The van der Waals surface area contributed by atoms with Crippen LogP contribution in [0.1, 0.15) is 38.1 Å². The summed E-state index contributed by atoms with van der Waals surface area (Å²) in [7, 11) is 0. The molecule has 0 saturated carbocycles. The number of hydrogen-bond acceptors (Lipinski definition) is 5. The van der Waals surface area contributed by atoms with Crippen molar-refractivity contribution in [2.45, 2.75) is 13.0 Å². The summed E-state index contributed by atoms with van der Waals surface area (Å²) in [6.07, 6.45) is 0. The van der Waals surface area contributed by atoms with Crippen LogP contribution in [0, 0.1) is 0 Å². The second kappa shape index (κ2) is 5.68. The lowest BCUT2D eigenvalue weighted by Crippen LogP contribution is -2.25. The number of hydrogen-bond donors (Lipinski definition) is 2. The average molecular weight is 317 g/mol. The summed E-state index contributed by atoms with van der Waals surface area (Å²) >= 11 is 8.14. The molecule has 0 saturated heterocycles. The predicted octanol–water partition coefficient (Wildman–Crippen LogP) is 3.05. The number of thiophene rings is 1. The largest absolute Gasteiger partial charge is 0.476 e. The van der Waals surface area contributed by atoms with Gasteiger partial charge in [-0.25, -0.2) is 9.78 Å². The van der Waals surface area contributed by atoms with Gasteiger partial charge >= 0.3 is 5.97 Å². The van der Waals surface area contributed by atoms with Crippen molar-refractivity contribution < 1.29 is 14.7 Å². The SMILES string of the molecule is CC(NC(=O)c1ccc(Cl)s1)c1nc(C(=O)O)cs1. The summed E-state index contributed by atoms with van der Waals surface area (Å²) < 4.78 is 0.542. The summed E-state index contributed by atoms with van der Waals surface area (Å²) in [5.74, 6) is -1.33. The van der Waals surface area contributed by atoms with E-state index in [4.69, 9.17) is 16.7 Å². The number of aromatic nitrogens is 1. The first-order chi connectivity index (χ1) is 8.97. The fraction of sp³-hybridized carbons (Fsp3) is 0.182. The Hall–Kier alpha value is -1.44. The molecule has 2 rings (SSSR count). The lowest BCUT2D eigenvalue weighted by molar-refractivity contribution is 0.0691. The molecule has 100 valence electrons. The van der Waals surface area contributed by atoms with Crippen LogP contribution in [0.5, 0.6) is 0 Å². The van der Waals surface area contributed by atoms with Gasteiger partial charge in [-0.1, -0.05) is 11.6 Å². The number of halogens is 1. The monoisotopic (exact) mass is 316 g/mol. The van der Waals surface area contributed by atoms with Gasteiger partial charge in [-0.05, 0) is 19.1 Å². The first kappa shape index (κ1) is 14.0. The molecular weight excluding hydrogens is 308 g/mol. The number of nitrogens with one attached hydrogen (secondary N) is 1. The van der Waals surface area contributed by atoms with Gasteiger partial charge in [0.2, 0.25) is 0 Å². The van der Waals surface area contributed by atoms with Crippen molar-refractivity contribution in [1.82, 2.24) is 10.3 Å². The molecule has 1 atom stereocenters. The maximum atomic E-state index is 11.9. The standard InChI is InChI=1S/C11H9ClN2O3S2/c1-5(10-14-6(4-18-10)11(16)17)13-9(15)7-2-3-8(12)19-7/h2-5H,1H3,(H,13,15)(H,16,17). The van der Waals surface area contributed by atoms with Gasteiger partial charge in [0.05, 0.1) is 15.3 Å². The van der Waals surface area contributed by atoms with Crippen molar-refractivity contribution in [3.8, 4) is 0 Å². The van der Waals surface area contributed by atoms with Crippen molar-refractivity contribution in [2.75, 3.05) is 0 Å². The molecule has 0 spiro atoms. The van der Waals surface area contributed by atoms with Gasteiger partial charge < -0.3 is 10.4 Å². The van der Waals surface area contributed by atoms with Crippen molar-refractivity contribution in [3.05, 3.63) is 37.4 Å². The Balaban J connectivity index is 2.05. The van der Waals surface area contributed by atoms with Crippen LogP contribution < -0.4 is 5.32 Å². The molecule has 0 aliphatic rings. The van der Waals surface area contributed by atoms with Crippen LogP contribution in [-0.4, -0.2) is 22.0 Å². The van der Waals surface area contributed by atoms with Crippen molar-refractivity contribution in [2.24, 2.45) is 0 Å². The van der Waals surface area contributed by atoms with E-state index in [1.807, 2.05) is 0 Å². The fourth-order valence-electron chi connectivity index (χ4n) is 1.35. The third-order valence-electron chi connectivity index (χ3n) is 2.26. The number of aromatic carboxylic acids is 1. The third-order valence-corrected chi connectivity index (χ3v) is 4.51. The zero-order chi connectivity index (χ0) is 14.0. The van der Waals surface area contributed by atoms with E-state index in [0.717, 1.165) is 0 Å². The maximum absolute atomic E-state index is 11.9. The number of amides is 1. The van der Waals surface area contributed by atoms with Gasteiger partial charge in [-0.3, -0.25) is 4.79 Å².